The molecule has 0 amide bonds. The number of nitrogens with one attached hydrogen (secondary N) is 1. The summed E-state index contributed by atoms with van der Waals surface area (Å²) in [6, 6.07) is 6.72. The Morgan fingerprint density at radius 1 is 1.32 bits per heavy atom. The van der Waals surface area contributed by atoms with Crippen molar-refractivity contribution in [1.82, 2.24) is 9.88 Å². The first-order chi connectivity index (χ1) is 9.19. The van der Waals surface area contributed by atoms with Crippen LogP contribution in [-0.4, -0.2) is 11.1 Å². The molecular weight excluding hydrogens is 232 g/mol. The summed E-state index contributed by atoms with van der Waals surface area (Å²) in [4.78, 5) is 0. The largest absolute Gasteiger partial charge is 0.344 e. The van der Waals surface area contributed by atoms with Crippen molar-refractivity contribution >= 4 is 10.9 Å². The molecule has 19 heavy (non-hydrogen) atoms. The summed E-state index contributed by atoms with van der Waals surface area (Å²) in [5.74, 6) is 2.73. The Hall–Kier alpha value is -1.72. The summed E-state index contributed by atoms with van der Waals surface area (Å²) in [7, 11) is 0. The molecule has 0 saturated heterocycles. The van der Waals surface area contributed by atoms with Gasteiger partial charge in [0.15, 0.2) is 0 Å². The third kappa shape index (κ3) is 2.67. The summed E-state index contributed by atoms with van der Waals surface area (Å²) in [5, 5.41) is 4.72. The summed E-state index contributed by atoms with van der Waals surface area (Å²) in [6.07, 6.45) is 6.17. The fraction of sp³-hybridized carbons (Fsp3) is 0.412. The average molecular weight is 254 g/mol. The van der Waals surface area contributed by atoms with Crippen molar-refractivity contribution in [3.05, 3.63) is 35.0 Å². The maximum atomic E-state index is 5.38. The molecular formula is C17H22N2. The van der Waals surface area contributed by atoms with Crippen LogP contribution in [0.3, 0.4) is 0 Å². The smallest absolute Gasteiger partial charge is 0.0485 e. The molecule has 2 heteroatoms. The Bertz CT molecular complexity index is 614. The molecule has 100 valence electrons. The molecule has 1 heterocycles. The van der Waals surface area contributed by atoms with Gasteiger partial charge in [0.05, 0.1) is 0 Å². The van der Waals surface area contributed by atoms with Gasteiger partial charge in [0.25, 0.3) is 0 Å². The third-order valence-electron chi connectivity index (χ3n) is 3.76. The van der Waals surface area contributed by atoms with Gasteiger partial charge < -0.3 is 9.88 Å². The summed E-state index contributed by atoms with van der Waals surface area (Å²) >= 11 is 0. The van der Waals surface area contributed by atoms with Gasteiger partial charge in [-0.25, -0.2) is 0 Å². The highest BCUT2D eigenvalue weighted by Gasteiger charge is 2.10. The second-order valence-electron chi connectivity index (χ2n) is 4.95. The van der Waals surface area contributed by atoms with E-state index in [1.165, 1.54) is 27.7 Å². The Morgan fingerprint density at radius 3 is 2.79 bits per heavy atom. The van der Waals surface area contributed by atoms with E-state index >= 15 is 0 Å². The molecule has 0 spiro atoms. The SMILES string of the molecule is C#CCCn1c(C)c(C)c2cc(CNCC)ccc21. The number of fused-ring (bicyclic) bond motifs is 1. The fourth-order valence-electron chi connectivity index (χ4n) is 2.54. The van der Waals surface area contributed by atoms with Crippen molar-refractivity contribution in [3.8, 4) is 12.3 Å². The number of hydrogen-bond acceptors (Lipinski definition) is 1. The minimum atomic E-state index is 0.781. The first-order valence-corrected chi connectivity index (χ1v) is 6.91. The van der Waals surface area contributed by atoms with E-state index in [1.54, 1.807) is 0 Å². The lowest BCUT2D eigenvalue weighted by Crippen LogP contribution is -2.11. The van der Waals surface area contributed by atoms with Crippen LogP contribution in [-0.2, 0) is 13.1 Å². The van der Waals surface area contributed by atoms with Crippen LogP contribution >= 0.6 is 0 Å². The van der Waals surface area contributed by atoms with E-state index in [-0.39, 0.29) is 0 Å². The lowest BCUT2D eigenvalue weighted by atomic mass is 10.1. The van der Waals surface area contributed by atoms with Gasteiger partial charge in [-0.2, -0.15) is 0 Å². The predicted molar refractivity (Wildman–Crippen MR) is 82.2 cm³/mol. The zero-order valence-electron chi connectivity index (χ0n) is 12.1. The Labute approximate surface area is 115 Å². The van der Waals surface area contributed by atoms with Crippen LogP contribution in [0, 0.1) is 26.2 Å². The Kier molecular flexibility index (Phi) is 4.29. The standard InChI is InChI=1S/C17H22N2/c1-5-7-10-19-14(4)13(3)16-11-15(12-18-6-2)8-9-17(16)19/h1,8-9,11,18H,6-7,10,12H2,2-4H3. The van der Waals surface area contributed by atoms with Crippen LogP contribution in [0.2, 0.25) is 0 Å². The molecule has 0 bridgehead atoms. The first kappa shape index (κ1) is 13.7. The zero-order chi connectivity index (χ0) is 13.8. The van der Waals surface area contributed by atoms with E-state index in [9.17, 15) is 0 Å². The van der Waals surface area contributed by atoms with Crippen molar-refractivity contribution in [2.45, 2.75) is 40.3 Å². The lowest BCUT2D eigenvalue weighted by molar-refractivity contribution is 0.721. The second kappa shape index (κ2) is 5.95. The summed E-state index contributed by atoms with van der Waals surface area (Å²) in [5.41, 5.74) is 5.33. The number of rotatable bonds is 5. The van der Waals surface area contributed by atoms with Gasteiger partial charge in [0, 0.05) is 36.1 Å². The molecule has 0 radical (unpaired) electrons. The van der Waals surface area contributed by atoms with Crippen molar-refractivity contribution in [2.24, 2.45) is 0 Å². The van der Waals surface area contributed by atoms with Crippen molar-refractivity contribution in [3.63, 3.8) is 0 Å². The fourth-order valence-corrected chi connectivity index (χ4v) is 2.54. The van der Waals surface area contributed by atoms with Crippen LogP contribution in [0.5, 0.6) is 0 Å². The molecule has 2 nitrogen and oxygen atoms in total. The monoisotopic (exact) mass is 254 g/mol. The molecule has 0 aliphatic carbocycles. The first-order valence-electron chi connectivity index (χ1n) is 6.91. The highest BCUT2D eigenvalue weighted by Crippen LogP contribution is 2.26. The van der Waals surface area contributed by atoms with E-state index in [0.29, 0.717) is 0 Å². The molecule has 0 fully saturated rings. The molecule has 1 aromatic carbocycles. The minimum Gasteiger partial charge on any atom is -0.344 e. The van der Waals surface area contributed by atoms with Crippen molar-refractivity contribution < 1.29 is 0 Å². The second-order valence-corrected chi connectivity index (χ2v) is 4.95. The van der Waals surface area contributed by atoms with E-state index in [0.717, 1.165) is 26.1 Å². The van der Waals surface area contributed by atoms with Crippen LogP contribution in [0.1, 0.15) is 30.2 Å². The van der Waals surface area contributed by atoms with E-state index < -0.39 is 0 Å². The van der Waals surface area contributed by atoms with E-state index in [2.05, 4.69) is 54.8 Å². The molecule has 1 aromatic heterocycles. The van der Waals surface area contributed by atoms with Gasteiger partial charge in [-0.05, 0) is 43.7 Å². The van der Waals surface area contributed by atoms with Crippen LogP contribution in [0.15, 0.2) is 18.2 Å². The number of terminal acetylenes is 1. The molecule has 0 saturated carbocycles. The normalized spacial score (nSPS) is 10.8. The van der Waals surface area contributed by atoms with Crippen LogP contribution < -0.4 is 5.32 Å². The minimum absolute atomic E-state index is 0.781. The molecule has 2 rings (SSSR count). The van der Waals surface area contributed by atoms with Gasteiger partial charge in [-0.15, -0.1) is 12.3 Å². The van der Waals surface area contributed by atoms with Crippen molar-refractivity contribution in [2.75, 3.05) is 6.54 Å². The average Bonchev–Trinajstić information content (AvgIpc) is 2.67. The maximum absolute atomic E-state index is 5.38. The highest BCUT2D eigenvalue weighted by atomic mass is 15.0. The molecule has 0 aliphatic heterocycles. The lowest BCUT2D eigenvalue weighted by Gasteiger charge is -2.06. The molecule has 0 unspecified atom stereocenters. The number of aromatic nitrogens is 1. The molecule has 0 atom stereocenters. The molecule has 2 aromatic rings. The van der Waals surface area contributed by atoms with Gasteiger partial charge in [0.2, 0.25) is 0 Å². The number of aryl methyl sites for hydroxylation is 2. The van der Waals surface area contributed by atoms with E-state index in [1.807, 2.05) is 0 Å². The van der Waals surface area contributed by atoms with Gasteiger partial charge in [-0.3, -0.25) is 0 Å². The highest BCUT2D eigenvalue weighted by molar-refractivity contribution is 5.86. The van der Waals surface area contributed by atoms with Gasteiger partial charge >= 0.3 is 0 Å². The van der Waals surface area contributed by atoms with Crippen LogP contribution in [0.4, 0.5) is 0 Å². The topological polar surface area (TPSA) is 17.0 Å². The third-order valence-corrected chi connectivity index (χ3v) is 3.76. The maximum Gasteiger partial charge on any atom is 0.0485 e. The predicted octanol–water partition coefficient (Wildman–Crippen LogP) is 3.39. The van der Waals surface area contributed by atoms with Crippen molar-refractivity contribution in [1.29, 1.82) is 0 Å². The summed E-state index contributed by atoms with van der Waals surface area (Å²) < 4.78 is 2.33. The van der Waals surface area contributed by atoms with Crippen LogP contribution in [0.25, 0.3) is 10.9 Å². The zero-order valence-corrected chi connectivity index (χ0v) is 12.1. The molecule has 0 aliphatic rings. The Morgan fingerprint density at radius 2 is 2.11 bits per heavy atom. The van der Waals surface area contributed by atoms with E-state index in [4.69, 9.17) is 6.42 Å². The number of benzene rings is 1. The van der Waals surface area contributed by atoms with Gasteiger partial charge in [-0.1, -0.05) is 13.0 Å². The summed E-state index contributed by atoms with van der Waals surface area (Å²) in [6.45, 7) is 9.33. The number of hydrogen-bond donors (Lipinski definition) is 1. The quantitative estimate of drug-likeness (QED) is 0.809. The van der Waals surface area contributed by atoms with Gasteiger partial charge in [0.1, 0.15) is 0 Å². The molecule has 1 N–H and O–H groups in total. The Balaban J connectivity index is 2.44. The number of nitrogens with zero attached hydrogens (tertiary/aromatic N) is 1.